The van der Waals surface area contributed by atoms with Gasteiger partial charge in [-0.2, -0.15) is 4.98 Å². The van der Waals surface area contributed by atoms with Crippen molar-refractivity contribution in [3.63, 3.8) is 0 Å². The third kappa shape index (κ3) is 3.18. The molecule has 1 aromatic carbocycles. The van der Waals surface area contributed by atoms with Gasteiger partial charge in [-0.05, 0) is 26.0 Å². The zero-order chi connectivity index (χ0) is 14.7. The zero-order valence-corrected chi connectivity index (χ0v) is 11.1. The molecule has 0 radical (unpaired) electrons. The fourth-order valence-corrected chi connectivity index (χ4v) is 1.56. The molecule has 3 N–H and O–H groups in total. The largest absolute Gasteiger partial charge is 0.343 e. The van der Waals surface area contributed by atoms with Crippen LogP contribution in [0.4, 0.5) is 4.39 Å². The molecule has 0 aliphatic heterocycles. The molecule has 2 rings (SSSR count). The van der Waals surface area contributed by atoms with Gasteiger partial charge in [0.2, 0.25) is 17.6 Å². The normalized spacial score (nSPS) is 13.8. The van der Waals surface area contributed by atoms with E-state index in [2.05, 4.69) is 15.5 Å². The quantitative estimate of drug-likeness (QED) is 0.881. The van der Waals surface area contributed by atoms with Crippen LogP contribution in [0.25, 0.3) is 11.4 Å². The number of nitrogens with two attached hydrogens (primary N) is 1. The lowest BCUT2D eigenvalue weighted by Crippen LogP contribution is -2.39. The summed E-state index contributed by atoms with van der Waals surface area (Å²) in [6, 6.07) is 4.77. The molecular weight excluding hydrogens is 263 g/mol. The van der Waals surface area contributed by atoms with Crippen LogP contribution in [0.1, 0.15) is 25.8 Å². The van der Waals surface area contributed by atoms with E-state index in [1.165, 1.54) is 12.1 Å². The number of carbonyl (C=O) groups excluding carboxylic acids is 1. The molecule has 6 nitrogen and oxygen atoms in total. The summed E-state index contributed by atoms with van der Waals surface area (Å²) >= 11 is 0. The molecule has 0 fully saturated rings. The molecule has 0 saturated carbocycles. The summed E-state index contributed by atoms with van der Waals surface area (Å²) in [4.78, 5) is 15.6. The lowest BCUT2D eigenvalue weighted by Gasteiger charge is -2.11. The molecule has 1 unspecified atom stereocenters. The average molecular weight is 278 g/mol. The van der Waals surface area contributed by atoms with Crippen LogP contribution in [0, 0.1) is 5.82 Å². The molecule has 0 saturated heterocycles. The summed E-state index contributed by atoms with van der Waals surface area (Å²) < 4.78 is 18.2. The minimum atomic E-state index is -0.622. The number of benzene rings is 1. The molecule has 0 bridgehead atoms. The Hall–Kier alpha value is -2.28. The van der Waals surface area contributed by atoms with Gasteiger partial charge in [-0.25, -0.2) is 4.39 Å². The first-order valence-corrected chi connectivity index (χ1v) is 6.13. The monoisotopic (exact) mass is 278 g/mol. The van der Waals surface area contributed by atoms with E-state index in [0.717, 1.165) is 0 Å². The van der Waals surface area contributed by atoms with E-state index >= 15 is 0 Å². The maximum Gasteiger partial charge on any atom is 0.249 e. The zero-order valence-electron chi connectivity index (χ0n) is 11.1. The molecular formula is C13H15FN4O2. The van der Waals surface area contributed by atoms with Crippen LogP contribution in [0.2, 0.25) is 0 Å². The van der Waals surface area contributed by atoms with Crippen molar-refractivity contribution in [2.24, 2.45) is 5.73 Å². The standard InChI is InChI=1S/C13H15FN4O2/c1-7(15)12(19)16-8(2)13-17-11(18-20-13)9-4-3-5-10(14)6-9/h3-8H,15H2,1-2H3,(H,16,19)/t7-,8?/m1/s1. The first-order valence-electron chi connectivity index (χ1n) is 6.13. The van der Waals surface area contributed by atoms with Crippen molar-refractivity contribution in [1.82, 2.24) is 15.5 Å². The number of nitrogens with one attached hydrogen (secondary N) is 1. The van der Waals surface area contributed by atoms with E-state index in [-0.39, 0.29) is 23.4 Å². The molecule has 0 spiro atoms. The van der Waals surface area contributed by atoms with Gasteiger partial charge in [0, 0.05) is 5.56 Å². The fraction of sp³-hybridized carbons (Fsp3) is 0.308. The first kappa shape index (κ1) is 14.1. The van der Waals surface area contributed by atoms with Crippen molar-refractivity contribution in [1.29, 1.82) is 0 Å². The van der Waals surface area contributed by atoms with Crippen LogP contribution >= 0.6 is 0 Å². The minimum absolute atomic E-state index is 0.235. The number of aromatic nitrogens is 2. The van der Waals surface area contributed by atoms with Gasteiger partial charge in [0.25, 0.3) is 0 Å². The lowest BCUT2D eigenvalue weighted by molar-refractivity contribution is -0.122. The van der Waals surface area contributed by atoms with E-state index in [0.29, 0.717) is 5.56 Å². The number of amides is 1. The van der Waals surface area contributed by atoms with Crippen LogP contribution in [0.3, 0.4) is 0 Å². The number of hydrogen-bond donors (Lipinski definition) is 2. The lowest BCUT2D eigenvalue weighted by atomic mass is 10.2. The minimum Gasteiger partial charge on any atom is -0.343 e. The van der Waals surface area contributed by atoms with Gasteiger partial charge >= 0.3 is 0 Å². The number of carbonyl (C=O) groups is 1. The van der Waals surface area contributed by atoms with Gasteiger partial charge in [-0.1, -0.05) is 17.3 Å². The smallest absolute Gasteiger partial charge is 0.249 e. The van der Waals surface area contributed by atoms with Crippen molar-refractivity contribution in [2.45, 2.75) is 25.9 Å². The highest BCUT2D eigenvalue weighted by Crippen LogP contribution is 2.19. The molecule has 2 aromatic rings. The number of nitrogens with zero attached hydrogens (tertiary/aromatic N) is 2. The average Bonchev–Trinajstić information content (AvgIpc) is 2.88. The highest BCUT2D eigenvalue weighted by atomic mass is 19.1. The Morgan fingerprint density at radius 2 is 2.20 bits per heavy atom. The highest BCUT2D eigenvalue weighted by molar-refractivity contribution is 5.81. The molecule has 7 heteroatoms. The van der Waals surface area contributed by atoms with Crippen molar-refractivity contribution >= 4 is 5.91 Å². The Balaban J connectivity index is 2.14. The number of halogens is 1. The van der Waals surface area contributed by atoms with Gasteiger partial charge in [0.15, 0.2) is 0 Å². The second-order valence-electron chi connectivity index (χ2n) is 4.49. The third-order valence-electron chi connectivity index (χ3n) is 2.67. The van der Waals surface area contributed by atoms with Crippen molar-refractivity contribution in [2.75, 3.05) is 0 Å². The Labute approximate surface area is 115 Å². The van der Waals surface area contributed by atoms with Crippen molar-refractivity contribution in [3.8, 4) is 11.4 Å². The molecule has 1 aromatic heterocycles. The fourth-order valence-electron chi connectivity index (χ4n) is 1.56. The summed E-state index contributed by atoms with van der Waals surface area (Å²) in [6.45, 7) is 3.27. The van der Waals surface area contributed by atoms with Crippen LogP contribution in [-0.2, 0) is 4.79 Å². The predicted molar refractivity (Wildman–Crippen MR) is 69.9 cm³/mol. The van der Waals surface area contributed by atoms with Crippen molar-refractivity contribution in [3.05, 3.63) is 36.0 Å². The second-order valence-corrected chi connectivity index (χ2v) is 4.49. The Morgan fingerprint density at radius 3 is 2.85 bits per heavy atom. The van der Waals surface area contributed by atoms with Crippen LogP contribution in [0.5, 0.6) is 0 Å². The van der Waals surface area contributed by atoms with Crippen LogP contribution < -0.4 is 11.1 Å². The SMILES string of the molecule is CC(NC(=O)[C@@H](C)N)c1nc(-c2cccc(F)c2)no1. The molecule has 106 valence electrons. The topological polar surface area (TPSA) is 94.0 Å². The predicted octanol–water partition coefficient (Wildman–Crippen LogP) is 1.40. The molecule has 1 heterocycles. The summed E-state index contributed by atoms with van der Waals surface area (Å²) in [7, 11) is 0. The van der Waals surface area contributed by atoms with Gasteiger partial charge in [-0.3, -0.25) is 4.79 Å². The van der Waals surface area contributed by atoms with Gasteiger partial charge < -0.3 is 15.6 Å². The van der Waals surface area contributed by atoms with Crippen molar-refractivity contribution < 1.29 is 13.7 Å². The maximum absolute atomic E-state index is 13.1. The van der Waals surface area contributed by atoms with E-state index in [1.54, 1.807) is 26.0 Å². The van der Waals surface area contributed by atoms with E-state index in [4.69, 9.17) is 10.3 Å². The molecule has 2 atom stereocenters. The third-order valence-corrected chi connectivity index (χ3v) is 2.67. The molecule has 0 aliphatic rings. The van der Waals surface area contributed by atoms with Gasteiger partial charge in [0.1, 0.15) is 11.9 Å². The van der Waals surface area contributed by atoms with E-state index in [9.17, 15) is 9.18 Å². The summed E-state index contributed by atoms with van der Waals surface area (Å²) in [5, 5.41) is 6.40. The molecule has 20 heavy (non-hydrogen) atoms. The second kappa shape index (κ2) is 5.79. The number of hydrogen-bond acceptors (Lipinski definition) is 5. The van der Waals surface area contributed by atoms with Gasteiger partial charge in [-0.15, -0.1) is 0 Å². The summed E-state index contributed by atoms with van der Waals surface area (Å²) in [5.41, 5.74) is 5.96. The Kier molecular flexibility index (Phi) is 4.09. The van der Waals surface area contributed by atoms with Gasteiger partial charge in [0.05, 0.1) is 6.04 Å². The molecule has 1 amide bonds. The first-order chi connectivity index (χ1) is 9.47. The van der Waals surface area contributed by atoms with Crippen LogP contribution in [0.15, 0.2) is 28.8 Å². The number of rotatable bonds is 4. The maximum atomic E-state index is 13.1. The Bertz CT molecular complexity index is 612. The Morgan fingerprint density at radius 1 is 1.45 bits per heavy atom. The van der Waals surface area contributed by atoms with Crippen LogP contribution in [-0.4, -0.2) is 22.1 Å². The summed E-state index contributed by atoms with van der Waals surface area (Å²) in [6.07, 6.45) is 0. The van der Waals surface area contributed by atoms with E-state index in [1.807, 2.05) is 0 Å². The van der Waals surface area contributed by atoms with E-state index < -0.39 is 12.1 Å². The highest BCUT2D eigenvalue weighted by Gasteiger charge is 2.18. The molecule has 0 aliphatic carbocycles. The summed E-state index contributed by atoms with van der Waals surface area (Å²) in [5.74, 6) is -0.199.